The summed E-state index contributed by atoms with van der Waals surface area (Å²) in [5.41, 5.74) is 0. The zero-order valence-electron chi connectivity index (χ0n) is 10.8. The van der Waals surface area contributed by atoms with E-state index >= 15 is 0 Å². The molecular weight excluding hydrogens is 190 g/mol. The van der Waals surface area contributed by atoms with E-state index < -0.39 is 0 Å². The number of rotatable bonds is 1. The van der Waals surface area contributed by atoms with Crippen LogP contribution in [0.4, 0.5) is 0 Å². The summed E-state index contributed by atoms with van der Waals surface area (Å²) in [7, 11) is 0. The summed E-state index contributed by atoms with van der Waals surface area (Å²) < 4.78 is 0. The van der Waals surface area contributed by atoms with Crippen LogP contribution in [0.3, 0.4) is 0 Å². The molecule has 1 aliphatic rings. The lowest BCUT2D eigenvalue weighted by molar-refractivity contribution is -0.120. The number of hydrogen-bond acceptors (Lipinski definition) is 2. The Bertz CT molecular complexity index is 141. The van der Waals surface area contributed by atoms with Crippen LogP contribution in [-0.2, 0) is 4.79 Å². The number of amides is 1. The molecule has 1 aliphatic carbocycles. The molecule has 0 heterocycles. The van der Waals surface area contributed by atoms with Crippen molar-refractivity contribution in [3.8, 4) is 0 Å². The van der Waals surface area contributed by atoms with Gasteiger partial charge in [0.2, 0.25) is 5.91 Å². The summed E-state index contributed by atoms with van der Waals surface area (Å²) in [6.07, 6.45) is 3.34. The van der Waals surface area contributed by atoms with Gasteiger partial charge in [0.25, 0.3) is 0 Å². The molecule has 2 N–H and O–H groups in total. The molecule has 92 valence electrons. The van der Waals surface area contributed by atoms with E-state index in [1.54, 1.807) is 0 Å². The van der Waals surface area contributed by atoms with E-state index in [4.69, 9.17) is 5.11 Å². The minimum atomic E-state index is -0.139. The smallest absolute Gasteiger partial charge is 0.217 e. The average Bonchev–Trinajstić information content (AvgIpc) is 2.27. The molecule has 1 saturated carbocycles. The van der Waals surface area contributed by atoms with Gasteiger partial charge in [-0.05, 0) is 25.7 Å². The van der Waals surface area contributed by atoms with Crippen LogP contribution in [-0.4, -0.2) is 23.2 Å². The van der Waals surface area contributed by atoms with Crippen LogP contribution in [0.1, 0.15) is 60.3 Å². The lowest BCUT2D eigenvalue weighted by Gasteiger charge is -2.25. The Balaban J connectivity index is 0. The average molecular weight is 217 g/mol. The van der Waals surface area contributed by atoms with Crippen LogP contribution in [0.25, 0.3) is 0 Å². The summed E-state index contributed by atoms with van der Waals surface area (Å²) in [5, 5.41) is 12.0. The normalized spacial score (nSPS) is 23.9. The highest BCUT2D eigenvalue weighted by molar-refractivity contribution is 5.73. The van der Waals surface area contributed by atoms with Crippen LogP contribution < -0.4 is 5.32 Å². The maximum atomic E-state index is 10.6. The Morgan fingerprint density at radius 1 is 1.07 bits per heavy atom. The Kier molecular flexibility index (Phi) is 12.9. The largest absolute Gasteiger partial charge is 0.393 e. The van der Waals surface area contributed by atoms with Crippen LogP contribution in [0, 0.1) is 0 Å². The predicted octanol–water partition coefficient (Wildman–Crippen LogP) is 2.48. The number of hydrogen-bond donors (Lipinski definition) is 2. The van der Waals surface area contributed by atoms with Gasteiger partial charge in [-0.1, -0.05) is 27.7 Å². The Morgan fingerprint density at radius 2 is 1.47 bits per heavy atom. The van der Waals surface area contributed by atoms with E-state index in [0.29, 0.717) is 6.04 Å². The van der Waals surface area contributed by atoms with Gasteiger partial charge in [0.05, 0.1) is 6.10 Å². The molecule has 0 aromatic heterocycles. The van der Waals surface area contributed by atoms with Gasteiger partial charge in [0.1, 0.15) is 0 Å². The van der Waals surface area contributed by atoms with Crippen LogP contribution >= 0.6 is 0 Å². The van der Waals surface area contributed by atoms with Gasteiger partial charge in [0, 0.05) is 13.0 Å². The minimum Gasteiger partial charge on any atom is -0.393 e. The topological polar surface area (TPSA) is 49.3 Å². The van der Waals surface area contributed by atoms with Crippen molar-refractivity contribution in [2.75, 3.05) is 0 Å². The fourth-order valence-corrected chi connectivity index (χ4v) is 1.51. The Morgan fingerprint density at radius 3 is 1.80 bits per heavy atom. The van der Waals surface area contributed by atoms with Crippen molar-refractivity contribution in [1.29, 1.82) is 0 Å². The van der Waals surface area contributed by atoms with Crippen molar-refractivity contribution in [2.45, 2.75) is 72.4 Å². The molecule has 0 aliphatic heterocycles. The van der Waals surface area contributed by atoms with Gasteiger partial charge in [-0.3, -0.25) is 4.79 Å². The Hall–Kier alpha value is -0.570. The molecule has 0 saturated heterocycles. The number of carbonyl (C=O) groups is 1. The monoisotopic (exact) mass is 217 g/mol. The molecule has 0 aromatic carbocycles. The summed E-state index contributed by atoms with van der Waals surface area (Å²) in [6, 6.07) is 0.302. The minimum absolute atomic E-state index is 0.0337. The third-order valence-corrected chi connectivity index (χ3v) is 2.10. The molecule has 0 radical (unpaired) electrons. The van der Waals surface area contributed by atoms with Gasteiger partial charge in [0.15, 0.2) is 0 Å². The molecular formula is C12H27NO2. The van der Waals surface area contributed by atoms with Crippen molar-refractivity contribution >= 4 is 5.91 Å². The second-order valence-corrected chi connectivity index (χ2v) is 3.21. The molecule has 15 heavy (non-hydrogen) atoms. The number of aliphatic hydroxyl groups is 1. The molecule has 3 nitrogen and oxygen atoms in total. The highest BCUT2D eigenvalue weighted by Gasteiger charge is 2.19. The molecule has 3 heteroatoms. The SMILES string of the molecule is CC.CC.CC(=O)NC1CCC(O)CC1. The van der Waals surface area contributed by atoms with Gasteiger partial charge in [-0.2, -0.15) is 0 Å². The van der Waals surface area contributed by atoms with Crippen molar-refractivity contribution in [3.05, 3.63) is 0 Å². The first-order valence-electron chi connectivity index (χ1n) is 6.13. The van der Waals surface area contributed by atoms with E-state index in [9.17, 15) is 4.79 Å². The van der Waals surface area contributed by atoms with E-state index in [0.717, 1.165) is 25.7 Å². The molecule has 0 aromatic rings. The maximum Gasteiger partial charge on any atom is 0.217 e. The van der Waals surface area contributed by atoms with Crippen molar-refractivity contribution < 1.29 is 9.90 Å². The second kappa shape index (κ2) is 11.5. The standard InChI is InChI=1S/C8H15NO2.2C2H6/c1-6(10)9-7-2-4-8(11)5-3-7;2*1-2/h7-8,11H,2-5H2,1H3,(H,9,10);2*1-2H3. The summed E-state index contributed by atoms with van der Waals surface area (Å²) in [5.74, 6) is 0.0337. The quantitative estimate of drug-likeness (QED) is 0.709. The number of carbonyl (C=O) groups excluding carboxylic acids is 1. The lowest BCUT2D eigenvalue weighted by atomic mass is 9.93. The van der Waals surface area contributed by atoms with E-state index in [2.05, 4.69) is 5.32 Å². The lowest BCUT2D eigenvalue weighted by Crippen LogP contribution is -2.37. The first-order chi connectivity index (χ1) is 7.18. The van der Waals surface area contributed by atoms with Crippen molar-refractivity contribution in [2.24, 2.45) is 0 Å². The molecule has 1 amide bonds. The predicted molar refractivity (Wildman–Crippen MR) is 64.8 cm³/mol. The van der Waals surface area contributed by atoms with Crippen LogP contribution in [0.5, 0.6) is 0 Å². The summed E-state index contributed by atoms with van der Waals surface area (Å²) in [6.45, 7) is 9.53. The fraction of sp³-hybridized carbons (Fsp3) is 0.917. The number of aliphatic hydroxyl groups excluding tert-OH is 1. The summed E-state index contributed by atoms with van der Waals surface area (Å²) in [4.78, 5) is 10.6. The highest BCUT2D eigenvalue weighted by atomic mass is 16.3. The van der Waals surface area contributed by atoms with Crippen molar-refractivity contribution in [3.63, 3.8) is 0 Å². The zero-order valence-corrected chi connectivity index (χ0v) is 10.8. The number of nitrogens with one attached hydrogen (secondary N) is 1. The molecule has 1 rings (SSSR count). The van der Waals surface area contributed by atoms with Gasteiger partial charge < -0.3 is 10.4 Å². The van der Waals surface area contributed by atoms with E-state index in [-0.39, 0.29) is 12.0 Å². The summed E-state index contributed by atoms with van der Waals surface area (Å²) >= 11 is 0. The van der Waals surface area contributed by atoms with E-state index in [1.807, 2.05) is 27.7 Å². The first kappa shape index (κ1) is 16.8. The zero-order chi connectivity index (χ0) is 12.3. The van der Waals surface area contributed by atoms with Crippen LogP contribution in [0.2, 0.25) is 0 Å². The first-order valence-corrected chi connectivity index (χ1v) is 6.13. The second-order valence-electron chi connectivity index (χ2n) is 3.21. The Labute approximate surface area is 94.3 Å². The molecule has 0 unspecified atom stereocenters. The van der Waals surface area contributed by atoms with Gasteiger partial charge in [-0.25, -0.2) is 0 Å². The van der Waals surface area contributed by atoms with Gasteiger partial charge >= 0.3 is 0 Å². The van der Waals surface area contributed by atoms with Gasteiger partial charge in [-0.15, -0.1) is 0 Å². The third-order valence-electron chi connectivity index (χ3n) is 2.10. The van der Waals surface area contributed by atoms with E-state index in [1.165, 1.54) is 6.92 Å². The fourth-order valence-electron chi connectivity index (χ4n) is 1.51. The molecule has 1 fully saturated rings. The maximum absolute atomic E-state index is 10.6. The van der Waals surface area contributed by atoms with Crippen LogP contribution in [0.15, 0.2) is 0 Å². The molecule has 0 bridgehead atoms. The highest BCUT2D eigenvalue weighted by Crippen LogP contribution is 2.17. The van der Waals surface area contributed by atoms with Crippen molar-refractivity contribution in [1.82, 2.24) is 5.32 Å². The molecule has 0 atom stereocenters. The third kappa shape index (κ3) is 9.73. The molecule has 0 spiro atoms.